The Bertz CT molecular complexity index is 350. The van der Waals surface area contributed by atoms with Crippen LogP contribution in [0.5, 0.6) is 5.75 Å². The summed E-state index contributed by atoms with van der Waals surface area (Å²) >= 11 is 0. The van der Waals surface area contributed by atoms with Crippen molar-refractivity contribution < 1.29 is 14.2 Å². The van der Waals surface area contributed by atoms with Crippen molar-refractivity contribution in [2.24, 2.45) is 0 Å². The van der Waals surface area contributed by atoms with E-state index in [9.17, 15) is 0 Å². The molecule has 0 aliphatic carbocycles. The van der Waals surface area contributed by atoms with E-state index in [1.54, 1.807) is 13.3 Å². The second kappa shape index (κ2) is 8.09. The number of pyridine rings is 1. The molecule has 0 amide bonds. The molecule has 2 heterocycles. The normalized spacial score (nSPS) is 19.3. The standard InChI is InChI=1S/C14H22N2O3/c1-17-8-6-15-9-12-4-5-13(10-16-12)19-14-3-2-7-18-11-14/h4-5,10,14-15H,2-3,6-9,11H2,1H3. The summed E-state index contributed by atoms with van der Waals surface area (Å²) in [5.41, 5.74) is 1.00. The number of hydrogen-bond donors (Lipinski definition) is 1. The van der Waals surface area contributed by atoms with E-state index < -0.39 is 0 Å². The molecule has 1 aliphatic heterocycles. The third-order valence-corrected chi connectivity index (χ3v) is 3.01. The summed E-state index contributed by atoms with van der Waals surface area (Å²) in [5, 5.41) is 3.26. The highest BCUT2D eigenvalue weighted by atomic mass is 16.5. The molecule has 0 aromatic carbocycles. The number of nitrogens with zero attached hydrogens (tertiary/aromatic N) is 1. The minimum Gasteiger partial charge on any atom is -0.486 e. The molecule has 1 aromatic rings. The summed E-state index contributed by atoms with van der Waals surface area (Å²) in [6, 6.07) is 3.95. The molecule has 1 fully saturated rings. The first-order chi connectivity index (χ1) is 9.38. The molecular weight excluding hydrogens is 244 g/mol. The van der Waals surface area contributed by atoms with E-state index in [2.05, 4.69) is 10.3 Å². The zero-order valence-corrected chi connectivity index (χ0v) is 11.4. The minimum atomic E-state index is 0.168. The van der Waals surface area contributed by atoms with Crippen LogP contribution in [0.2, 0.25) is 0 Å². The van der Waals surface area contributed by atoms with Crippen molar-refractivity contribution in [2.75, 3.05) is 33.5 Å². The number of aromatic nitrogens is 1. The van der Waals surface area contributed by atoms with Crippen LogP contribution in [0.3, 0.4) is 0 Å². The van der Waals surface area contributed by atoms with Crippen molar-refractivity contribution in [3.8, 4) is 5.75 Å². The van der Waals surface area contributed by atoms with E-state index in [1.807, 2.05) is 12.1 Å². The Labute approximate surface area is 114 Å². The minimum absolute atomic E-state index is 0.168. The summed E-state index contributed by atoms with van der Waals surface area (Å²) in [6.45, 7) is 3.82. The maximum atomic E-state index is 5.83. The average Bonchev–Trinajstić information content (AvgIpc) is 2.46. The topological polar surface area (TPSA) is 52.6 Å². The van der Waals surface area contributed by atoms with Gasteiger partial charge in [0.15, 0.2) is 0 Å². The van der Waals surface area contributed by atoms with E-state index in [-0.39, 0.29) is 6.10 Å². The SMILES string of the molecule is COCCNCc1ccc(OC2CCCOC2)cn1. The Balaban J connectivity index is 1.74. The van der Waals surface area contributed by atoms with Gasteiger partial charge in [-0.25, -0.2) is 0 Å². The van der Waals surface area contributed by atoms with Crippen LogP contribution in [0, 0.1) is 0 Å². The lowest BCUT2D eigenvalue weighted by atomic mass is 10.2. The second-order valence-corrected chi connectivity index (χ2v) is 4.61. The molecule has 1 atom stereocenters. The highest BCUT2D eigenvalue weighted by molar-refractivity contribution is 5.20. The molecule has 5 heteroatoms. The summed E-state index contributed by atoms with van der Waals surface area (Å²) < 4.78 is 16.2. The van der Waals surface area contributed by atoms with Gasteiger partial charge in [0.05, 0.1) is 25.1 Å². The van der Waals surface area contributed by atoms with Crippen LogP contribution in [0.1, 0.15) is 18.5 Å². The van der Waals surface area contributed by atoms with E-state index in [0.29, 0.717) is 13.2 Å². The Kier molecular flexibility index (Phi) is 6.07. The maximum absolute atomic E-state index is 5.83. The van der Waals surface area contributed by atoms with Crippen LogP contribution in [-0.4, -0.2) is 44.6 Å². The molecule has 1 aliphatic rings. The Morgan fingerprint density at radius 2 is 2.42 bits per heavy atom. The van der Waals surface area contributed by atoms with Crippen LogP contribution in [0.15, 0.2) is 18.3 Å². The lowest BCUT2D eigenvalue weighted by molar-refractivity contribution is 0.00727. The fourth-order valence-electron chi connectivity index (χ4n) is 1.97. The summed E-state index contributed by atoms with van der Waals surface area (Å²) in [5.74, 6) is 0.816. The van der Waals surface area contributed by atoms with Gasteiger partial charge in [0.2, 0.25) is 0 Å². The summed E-state index contributed by atoms with van der Waals surface area (Å²) in [4.78, 5) is 4.37. The number of ether oxygens (including phenoxy) is 3. The summed E-state index contributed by atoms with van der Waals surface area (Å²) in [6.07, 6.45) is 4.07. The van der Waals surface area contributed by atoms with Gasteiger partial charge in [-0.3, -0.25) is 4.98 Å². The highest BCUT2D eigenvalue weighted by Crippen LogP contribution is 2.16. The third kappa shape index (κ3) is 5.14. The van der Waals surface area contributed by atoms with Crippen LogP contribution < -0.4 is 10.1 Å². The van der Waals surface area contributed by atoms with Gasteiger partial charge >= 0.3 is 0 Å². The first-order valence-electron chi connectivity index (χ1n) is 6.77. The summed E-state index contributed by atoms with van der Waals surface area (Å²) in [7, 11) is 1.70. The molecule has 2 rings (SSSR count). The molecule has 0 spiro atoms. The van der Waals surface area contributed by atoms with Crippen molar-refractivity contribution in [3.05, 3.63) is 24.0 Å². The van der Waals surface area contributed by atoms with E-state index in [0.717, 1.165) is 44.0 Å². The molecule has 0 radical (unpaired) electrons. The molecule has 1 aromatic heterocycles. The van der Waals surface area contributed by atoms with Gasteiger partial charge in [-0.15, -0.1) is 0 Å². The van der Waals surface area contributed by atoms with Crippen molar-refractivity contribution in [1.29, 1.82) is 0 Å². The monoisotopic (exact) mass is 266 g/mol. The molecule has 1 N–H and O–H groups in total. The van der Waals surface area contributed by atoms with Crippen LogP contribution in [0.4, 0.5) is 0 Å². The number of rotatable bonds is 7. The van der Waals surface area contributed by atoms with Gasteiger partial charge in [-0.05, 0) is 25.0 Å². The van der Waals surface area contributed by atoms with Crippen LogP contribution >= 0.6 is 0 Å². The predicted octanol–water partition coefficient (Wildman–Crippen LogP) is 1.38. The Hall–Kier alpha value is -1.17. The lowest BCUT2D eigenvalue weighted by Gasteiger charge is -2.23. The van der Waals surface area contributed by atoms with Crippen molar-refractivity contribution >= 4 is 0 Å². The second-order valence-electron chi connectivity index (χ2n) is 4.61. The molecule has 106 valence electrons. The van der Waals surface area contributed by atoms with Gasteiger partial charge in [0.25, 0.3) is 0 Å². The van der Waals surface area contributed by atoms with Gasteiger partial charge in [0, 0.05) is 26.8 Å². The smallest absolute Gasteiger partial charge is 0.138 e. The number of methoxy groups -OCH3 is 1. The lowest BCUT2D eigenvalue weighted by Crippen LogP contribution is -2.28. The predicted molar refractivity (Wildman–Crippen MR) is 72.3 cm³/mol. The van der Waals surface area contributed by atoms with E-state index >= 15 is 0 Å². The maximum Gasteiger partial charge on any atom is 0.138 e. The van der Waals surface area contributed by atoms with Crippen LogP contribution in [-0.2, 0) is 16.0 Å². The molecule has 1 unspecified atom stereocenters. The molecule has 19 heavy (non-hydrogen) atoms. The van der Waals surface area contributed by atoms with Gasteiger partial charge < -0.3 is 19.5 Å². The van der Waals surface area contributed by atoms with Crippen molar-refractivity contribution in [3.63, 3.8) is 0 Å². The fraction of sp³-hybridized carbons (Fsp3) is 0.643. The van der Waals surface area contributed by atoms with Gasteiger partial charge in [-0.2, -0.15) is 0 Å². The molecule has 0 saturated carbocycles. The highest BCUT2D eigenvalue weighted by Gasteiger charge is 2.15. The zero-order valence-electron chi connectivity index (χ0n) is 11.4. The third-order valence-electron chi connectivity index (χ3n) is 3.01. The average molecular weight is 266 g/mol. The van der Waals surface area contributed by atoms with E-state index in [1.165, 1.54) is 0 Å². The first-order valence-corrected chi connectivity index (χ1v) is 6.77. The number of nitrogens with one attached hydrogen (secondary N) is 1. The van der Waals surface area contributed by atoms with Crippen LogP contribution in [0.25, 0.3) is 0 Å². The van der Waals surface area contributed by atoms with Crippen molar-refractivity contribution in [2.45, 2.75) is 25.5 Å². The van der Waals surface area contributed by atoms with Crippen molar-refractivity contribution in [1.82, 2.24) is 10.3 Å². The Morgan fingerprint density at radius 1 is 1.47 bits per heavy atom. The molecular formula is C14H22N2O3. The van der Waals surface area contributed by atoms with E-state index in [4.69, 9.17) is 14.2 Å². The van der Waals surface area contributed by atoms with Gasteiger partial charge in [-0.1, -0.05) is 0 Å². The molecule has 5 nitrogen and oxygen atoms in total. The largest absolute Gasteiger partial charge is 0.486 e. The zero-order chi connectivity index (χ0) is 13.3. The molecule has 0 bridgehead atoms. The first kappa shape index (κ1) is 14.2. The number of hydrogen-bond acceptors (Lipinski definition) is 5. The quantitative estimate of drug-likeness (QED) is 0.756. The molecule has 1 saturated heterocycles. The fourth-order valence-corrected chi connectivity index (χ4v) is 1.97. The Morgan fingerprint density at radius 3 is 3.11 bits per heavy atom. The van der Waals surface area contributed by atoms with Gasteiger partial charge in [0.1, 0.15) is 11.9 Å².